The highest BCUT2D eigenvalue weighted by atomic mass is 16.6. The Labute approximate surface area is 144 Å². The quantitative estimate of drug-likeness (QED) is 0.834. The molecule has 7 nitrogen and oxygen atoms in total. The van der Waals surface area contributed by atoms with Gasteiger partial charge in [0.2, 0.25) is 5.91 Å². The number of nitrogens with two attached hydrogens (primary N) is 1. The number of nitrogens with zero attached hydrogens (tertiary/aromatic N) is 2. The molecule has 0 aromatic carbocycles. The first kappa shape index (κ1) is 19.0. The van der Waals surface area contributed by atoms with Crippen molar-refractivity contribution in [2.75, 3.05) is 32.7 Å². The maximum absolute atomic E-state index is 12.2. The summed E-state index contributed by atoms with van der Waals surface area (Å²) in [5, 5.41) is 0. The van der Waals surface area contributed by atoms with E-state index in [4.69, 9.17) is 15.2 Å². The molecule has 2 amide bonds. The third kappa shape index (κ3) is 5.08. The molecule has 2 rings (SSSR count). The van der Waals surface area contributed by atoms with Crippen molar-refractivity contribution in [1.29, 1.82) is 0 Å². The van der Waals surface area contributed by atoms with Crippen molar-refractivity contribution in [3.05, 3.63) is 0 Å². The molecule has 7 heteroatoms. The summed E-state index contributed by atoms with van der Waals surface area (Å²) in [7, 11) is 0. The summed E-state index contributed by atoms with van der Waals surface area (Å²) in [5.41, 5.74) is 4.89. The van der Waals surface area contributed by atoms with Crippen LogP contribution >= 0.6 is 0 Å². The van der Waals surface area contributed by atoms with E-state index in [0.29, 0.717) is 19.6 Å². The molecular formula is C17H31N3O4. The summed E-state index contributed by atoms with van der Waals surface area (Å²) in [5.74, 6) is -0.418. The zero-order valence-electron chi connectivity index (χ0n) is 15.5. The third-order valence-electron chi connectivity index (χ3n) is 4.47. The van der Waals surface area contributed by atoms with Crippen LogP contribution in [0.5, 0.6) is 0 Å². The van der Waals surface area contributed by atoms with Crippen LogP contribution in [0, 0.1) is 5.41 Å². The Morgan fingerprint density at radius 1 is 1.33 bits per heavy atom. The molecule has 3 atom stereocenters. The number of rotatable bonds is 3. The van der Waals surface area contributed by atoms with E-state index >= 15 is 0 Å². The van der Waals surface area contributed by atoms with Crippen LogP contribution in [0.4, 0.5) is 4.79 Å². The van der Waals surface area contributed by atoms with Gasteiger partial charge in [-0.3, -0.25) is 9.69 Å². The van der Waals surface area contributed by atoms with Crippen molar-refractivity contribution >= 4 is 12.0 Å². The molecular weight excluding hydrogens is 310 g/mol. The van der Waals surface area contributed by atoms with Crippen LogP contribution in [0.25, 0.3) is 0 Å². The van der Waals surface area contributed by atoms with Gasteiger partial charge in [-0.05, 0) is 39.5 Å². The van der Waals surface area contributed by atoms with Crippen molar-refractivity contribution in [2.45, 2.75) is 58.8 Å². The van der Waals surface area contributed by atoms with Gasteiger partial charge in [-0.25, -0.2) is 4.79 Å². The molecule has 0 aromatic rings. The molecule has 138 valence electrons. The van der Waals surface area contributed by atoms with Gasteiger partial charge >= 0.3 is 6.09 Å². The Morgan fingerprint density at radius 3 is 2.58 bits per heavy atom. The smallest absolute Gasteiger partial charge is 0.410 e. The van der Waals surface area contributed by atoms with Crippen LogP contribution < -0.4 is 5.73 Å². The predicted molar refractivity (Wildman–Crippen MR) is 90.5 cm³/mol. The number of likely N-dealkylation sites (tertiary alicyclic amines) is 1. The van der Waals surface area contributed by atoms with E-state index in [2.05, 4.69) is 11.8 Å². The predicted octanol–water partition coefficient (Wildman–Crippen LogP) is 1.21. The van der Waals surface area contributed by atoms with E-state index in [-0.39, 0.29) is 17.6 Å². The van der Waals surface area contributed by atoms with Gasteiger partial charge in [0.05, 0.1) is 6.10 Å². The zero-order valence-corrected chi connectivity index (χ0v) is 15.5. The molecule has 0 aliphatic carbocycles. The van der Waals surface area contributed by atoms with Crippen LogP contribution in [-0.4, -0.2) is 72.3 Å². The van der Waals surface area contributed by atoms with Crippen LogP contribution in [0.1, 0.15) is 41.0 Å². The normalized spacial score (nSPS) is 32.0. The molecule has 2 heterocycles. The summed E-state index contributed by atoms with van der Waals surface area (Å²) in [4.78, 5) is 27.7. The van der Waals surface area contributed by atoms with Gasteiger partial charge in [-0.1, -0.05) is 6.92 Å². The molecule has 0 bridgehead atoms. The zero-order chi connectivity index (χ0) is 18.1. The maximum Gasteiger partial charge on any atom is 0.410 e. The minimum absolute atomic E-state index is 0.0177. The minimum atomic E-state index is -0.555. The number of carbonyl (C=O) groups is 2. The van der Waals surface area contributed by atoms with Gasteiger partial charge in [0.1, 0.15) is 11.7 Å². The largest absolute Gasteiger partial charge is 0.444 e. The summed E-state index contributed by atoms with van der Waals surface area (Å²) in [6.07, 6.45) is 0.0830. The van der Waals surface area contributed by atoms with Crippen molar-refractivity contribution < 1.29 is 19.1 Å². The van der Waals surface area contributed by atoms with Crippen molar-refractivity contribution in [3.63, 3.8) is 0 Å². The summed E-state index contributed by atoms with van der Waals surface area (Å²) in [6, 6.07) is 0. The van der Waals surface area contributed by atoms with Gasteiger partial charge in [0, 0.05) is 32.7 Å². The van der Waals surface area contributed by atoms with Crippen LogP contribution in [-0.2, 0) is 14.3 Å². The van der Waals surface area contributed by atoms with E-state index in [0.717, 1.165) is 19.5 Å². The molecule has 2 N–H and O–H groups in total. The van der Waals surface area contributed by atoms with Gasteiger partial charge < -0.3 is 20.1 Å². The number of hydrogen-bond donors (Lipinski definition) is 1. The van der Waals surface area contributed by atoms with E-state index in [1.54, 1.807) is 4.90 Å². The fraction of sp³-hybridized carbons (Fsp3) is 0.882. The Balaban J connectivity index is 1.93. The highest BCUT2D eigenvalue weighted by Gasteiger charge is 2.40. The van der Waals surface area contributed by atoms with E-state index in [1.807, 2.05) is 27.7 Å². The average molecular weight is 341 g/mol. The van der Waals surface area contributed by atoms with Crippen molar-refractivity contribution in [1.82, 2.24) is 9.80 Å². The third-order valence-corrected chi connectivity index (χ3v) is 4.47. The number of primary amides is 1. The number of carbonyl (C=O) groups excluding carboxylic acids is 2. The standard InChI is InChI=1S/C17H31N3O4/c1-12-8-19(9-13(23-12)14(18)21)10-17(5)6-7-20(11-17)15(22)24-16(2,3)4/h12-13H,6-11H2,1-5H3,(H2,18,21)/t12-,13+,17+/m1/s1. The summed E-state index contributed by atoms with van der Waals surface area (Å²) in [6.45, 7) is 13.2. The molecule has 0 aromatic heterocycles. The first-order chi connectivity index (χ1) is 11.0. The molecule has 0 saturated carbocycles. The fourth-order valence-corrected chi connectivity index (χ4v) is 3.50. The van der Waals surface area contributed by atoms with E-state index in [9.17, 15) is 9.59 Å². The second kappa shape index (κ2) is 6.88. The average Bonchev–Trinajstić information content (AvgIpc) is 2.78. The molecule has 2 saturated heterocycles. The van der Waals surface area contributed by atoms with Gasteiger partial charge in [0.25, 0.3) is 0 Å². The Kier molecular flexibility index (Phi) is 5.44. The number of hydrogen-bond acceptors (Lipinski definition) is 5. The first-order valence-corrected chi connectivity index (χ1v) is 8.62. The minimum Gasteiger partial charge on any atom is -0.444 e. The molecule has 2 fully saturated rings. The van der Waals surface area contributed by atoms with Gasteiger partial charge in [0.15, 0.2) is 0 Å². The lowest BCUT2D eigenvalue weighted by molar-refractivity contribution is -0.143. The topological polar surface area (TPSA) is 85.1 Å². The van der Waals surface area contributed by atoms with Crippen molar-refractivity contribution in [3.8, 4) is 0 Å². The van der Waals surface area contributed by atoms with Crippen LogP contribution in [0.3, 0.4) is 0 Å². The second-order valence-electron chi connectivity index (χ2n) is 8.49. The fourth-order valence-electron chi connectivity index (χ4n) is 3.50. The molecule has 2 aliphatic rings. The Morgan fingerprint density at radius 2 is 2.00 bits per heavy atom. The number of morpholine rings is 1. The van der Waals surface area contributed by atoms with Crippen LogP contribution in [0.15, 0.2) is 0 Å². The molecule has 2 aliphatic heterocycles. The lowest BCUT2D eigenvalue weighted by atomic mass is 9.88. The first-order valence-electron chi connectivity index (χ1n) is 8.62. The molecule has 0 spiro atoms. The summed E-state index contributed by atoms with van der Waals surface area (Å²) >= 11 is 0. The number of ether oxygens (including phenoxy) is 2. The lowest BCUT2D eigenvalue weighted by Gasteiger charge is -2.39. The SMILES string of the molecule is C[C@@H]1CN(C[C@]2(C)CCN(C(=O)OC(C)(C)C)C2)C[C@@H](C(N)=O)O1. The second-order valence-corrected chi connectivity index (χ2v) is 8.49. The number of amides is 2. The maximum atomic E-state index is 12.2. The molecule has 24 heavy (non-hydrogen) atoms. The molecule has 0 radical (unpaired) electrons. The Bertz CT molecular complexity index is 491. The van der Waals surface area contributed by atoms with E-state index < -0.39 is 17.6 Å². The van der Waals surface area contributed by atoms with Crippen molar-refractivity contribution in [2.24, 2.45) is 11.1 Å². The highest BCUT2D eigenvalue weighted by Crippen LogP contribution is 2.32. The molecule has 0 unspecified atom stereocenters. The van der Waals surface area contributed by atoms with E-state index in [1.165, 1.54) is 0 Å². The van der Waals surface area contributed by atoms with Gasteiger partial charge in [-0.2, -0.15) is 0 Å². The lowest BCUT2D eigenvalue weighted by Crippen LogP contribution is -2.54. The summed E-state index contributed by atoms with van der Waals surface area (Å²) < 4.78 is 11.1. The van der Waals surface area contributed by atoms with Gasteiger partial charge in [-0.15, -0.1) is 0 Å². The monoisotopic (exact) mass is 341 g/mol. The Hall–Kier alpha value is -1.34. The highest BCUT2D eigenvalue weighted by molar-refractivity contribution is 5.79. The van der Waals surface area contributed by atoms with Crippen LogP contribution in [0.2, 0.25) is 0 Å².